The van der Waals surface area contributed by atoms with E-state index < -0.39 is 35.1 Å². The minimum Gasteiger partial charge on any atom is -0.394 e. The van der Waals surface area contributed by atoms with Crippen LogP contribution in [-0.4, -0.2) is 93.6 Å². The van der Waals surface area contributed by atoms with Gasteiger partial charge in [0.1, 0.15) is 11.6 Å². The molecule has 3 fully saturated rings. The van der Waals surface area contributed by atoms with Gasteiger partial charge in [-0.05, 0) is 45.6 Å². The summed E-state index contributed by atoms with van der Waals surface area (Å²) in [7, 11) is 1.70. The molecule has 1 N–H and O–H groups in total. The summed E-state index contributed by atoms with van der Waals surface area (Å²) in [4.78, 5) is 47.3. The van der Waals surface area contributed by atoms with Crippen molar-refractivity contribution >= 4 is 17.7 Å². The fourth-order valence-electron chi connectivity index (χ4n) is 6.92. The Balaban J connectivity index is 1.83. The minimum absolute atomic E-state index is 0.139. The van der Waals surface area contributed by atoms with Gasteiger partial charge in [-0.1, -0.05) is 42.5 Å². The van der Waals surface area contributed by atoms with Gasteiger partial charge in [-0.2, -0.15) is 0 Å². The molecule has 3 aliphatic heterocycles. The number of ether oxygens (including phenoxy) is 1. The standard InChI is InChI=1S/C30H41N3O5/c1-7-16-31(6)26(35)23-24-27(36)33(22(19-34)18-21-12-10-9-11-13-21)25(28(37)32(17-8-2)20(3)4)30(24)15-14-29(23,5)38-30/h7-13,20,22-25,34H,1-2,14-19H2,3-6H3/t22-,23-,24+,25?,29+,30?/m1/s1. The Morgan fingerprint density at radius 1 is 1.16 bits per heavy atom. The summed E-state index contributed by atoms with van der Waals surface area (Å²) in [5.74, 6) is -2.25. The molecule has 0 radical (unpaired) electrons. The van der Waals surface area contributed by atoms with Crippen molar-refractivity contribution in [2.24, 2.45) is 11.8 Å². The molecule has 206 valence electrons. The molecule has 0 aliphatic carbocycles. The average molecular weight is 524 g/mol. The Kier molecular flexibility index (Phi) is 7.86. The third kappa shape index (κ3) is 4.37. The van der Waals surface area contributed by atoms with Crippen LogP contribution in [0.4, 0.5) is 0 Å². The first-order valence-corrected chi connectivity index (χ1v) is 13.5. The van der Waals surface area contributed by atoms with Gasteiger partial charge in [-0.25, -0.2) is 0 Å². The van der Waals surface area contributed by atoms with E-state index in [9.17, 15) is 19.5 Å². The van der Waals surface area contributed by atoms with Crippen LogP contribution in [0.5, 0.6) is 0 Å². The number of likely N-dealkylation sites (N-methyl/N-ethyl adjacent to an activating group) is 1. The second-order valence-corrected chi connectivity index (χ2v) is 11.4. The van der Waals surface area contributed by atoms with Gasteiger partial charge in [-0.3, -0.25) is 14.4 Å². The first-order valence-electron chi connectivity index (χ1n) is 13.5. The predicted octanol–water partition coefficient (Wildman–Crippen LogP) is 2.42. The molecule has 38 heavy (non-hydrogen) atoms. The van der Waals surface area contributed by atoms with Gasteiger partial charge in [0.2, 0.25) is 17.7 Å². The first kappa shape index (κ1) is 28.0. The highest BCUT2D eigenvalue weighted by Gasteiger charge is 2.78. The van der Waals surface area contributed by atoms with E-state index in [-0.39, 0.29) is 30.4 Å². The summed E-state index contributed by atoms with van der Waals surface area (Å²) in [6.45, 7) is 13.7. The van der Waals surface area contributed by atoms with Gasteiger partial charge < -0.3 is 24.5 Å². The summed E-state index contributed by atoms with van der Waals surface area (Å²) in [6, 6.07) is 7.87. The van der Waals surface area contributed by atoms with E-state index in [1.165, 1.54) is 0 Å². The van der Waals surface area contributed by atoms with E-state index in [0.717, 1.165) is 5.56 Å². The molecule has 1 aromatic carbocycles. The zero-order chi connectivity index (χ0) is 27.8. The highest BCUT2D eigenvalue weighted by atomic mass is 16.5. The SMILES string of the molecule is C=CCN(C)C(=O)[C@H]1[C@H]2C(=O)N([C@@H](CO)Cc3ccccc3)C(C(=O)N(CC=C)C(C)C)C23CC[C@]1(C)O3. The fraction of sp³-hybridized carbons (Fsp3) is 0.567. The monoisotopic (exact) mass is 523 g/mol. The van der Waals surface area contributed by atoms with E-state index in [4.69, 9.17) is 4.74 Å². The number of nitrogens with zero attached hydrogens (tertiary/aromatic N) is 3. The number of rotatable bonds is 11. The molecule has 0 saturated carbocycles. The van der Waals surface area contributed by atoms with Gasteiger partial charge in [0.05, 0.1) is 30.1 Å². The fourth-order valence-corrected chi connectivity index (χ4v) is 6.92. The van der Waals surface area contributed by atoms with Crippen LogP contribution in [0.25, 0.3) is 0 Å². The number of benzene rings is 1. The van der Waals surface area contributed by atoms with Crippen molar-refractivity contribution in [2.45, 2.75) is 69.4 Å². The lowest BCUT2D eigenvalue weighted by Crippen LogP contribution is -2.60. The zero-order valence-electron chi connectivity index (χ0n) is 23.0. The van der Waals surface area contributed by atoms with Crippen LogP contribution in [0, 0.1) is 11.8 Å². The van der Waals surface area contributed by atoms with Crippen molar-refractivity contribution in [3.63, 3.8) is 0 Å². The number of carbonyl (C=O) groups excluding carboxylic acids is 3. The quantitative estimate of drug-likeness (QED) is 0.450. The van der Waals surface area contributed by atoms with Gasteiger partial charge in [0, 0.05) is 26.2 Å². The van der Waals surface area contributed by atoms with E-state index in [1.54, 1.807) is 33.9 Å². The Morgan fingerprint density at radius 2 is 1.82 bits per heavy atom. The summed E-state index contributed by atoms with van der Waals surface area (Å²) < 4.78 is 6.73. The van der Waals surface area contributed by atoms with Crippen molar-refractivity contribution in [1.82, 2.24) is 14.7 Å². The molecule has 8 nitrogen and oxygen atoms in total. The lowest BCUT2D eigenvalue weighted by Gasteiger charge is -2.40. The summed E-state index contributed by atoms with van der Waals surface area (Å²) >= 11 is 0. The van der Waals surface area contributed by atoms with Gasteiger partial charge in [-0.15, -0.1) is 13.2 Å². The van der Waals surface area contributed by atoms with Crippen molar-refractivity contribution in [1.29, 1.82) is 0 Å². The number of carbonyl (C=O) groups is 3. The topological polar surface area (TPSA) is 90.4 Å². The Bertz CT molecular complexity index is 1090. The lowest BCUT2D eigenvalue weighted by atomic mass is 9.66. The maximum Gasteiger partial charge on any atom is 0.248 e. The Hall–Kier alpha value is -2.97. The third-order valence-electron chi connectivity index (χ3n) is 8.64. The van der Waals surface area contributed by atoms with Crippen LogP contribution < -0.4 is 0 Å². The number of aliphatic hydroxyl groups excluding tert-OH is 1. The molecule has 0 aromatic heterocycles. The molecule has 2 bridgehead atoms. The van der Waals surface area contributed by atoms with Crippen molar-refractivity contribution in [2.75, 3.05) is 26.7 Å². The molecule has 1 spiro atoms. The van der Waals surface area contributed by atoms with Crippen LogP contribution in [0.2, 0.25) is 0 Å². The smallest absolute Gasteiger partial charge is 0.248 e. The molecule has 6 atom stereocenters. The minimum atomic E-state index is -1.14. The highest BCUT2D eigenvalue weighted by molar-refractivity contribution is 5.99. The van der Waals surface area contributed by atoms with E-state index in [2.05, 4.69) is 13.2 Å². The number of hydrogen-bond donors (Lipinski definition) is 1. The van der Waals surface area contributed by atoms with Gasteiger partial charge >= 0.3 is 0 Å². The van der Waals surface area contributed by atoms with Crippen LogP contribution in [0.1, 0.15) is 39.2 Å². The molecule has 3 aliphatic rings. The Labute approximate surface area is 225 Å². The predicted molar refractivity (Wildman–Crippen MR) is 145 cm³/mol. The highest BCUT2D eigenvalue weighted by Crippen LogP contribution is 2.63. The molecular formula is C30H41N3O5. The van der Waals surface area contributed by atoms with Gasteiger partial charge in [0.15, 0.2) is 0 Å². The molecule has 3 saturated heterocycles. The average Bonchev–Trinajstić information content (AvgIpc) is 3.46. The van der Waals surface area contributed by atoms with E-state index in [0.29, 0.717) is 32.4 Å². The third-order valence-corrected chi connectivity index (χ3v) is 8.64. The summed E-state index contributed by atoms with van der Waals surface area (Å²) in [6.07, 6.45) is 4.76. The number of aliphatic hydroxyl groups is 1. The maximum absolute atomic E-state index is 14.4. The maximum atomic E-state index is 14.4. The van der Waals surface area contributed by atoms with Crippen molar-refractivity contribution in [3.8, 4) is 0 Å². The first-order chi connectivity index (χ1) is 18.1. The van der Waals surface area contributed by atoms with E-state index in [1.807, 2.05) is 51.1 Å². The number of amides is 3. The van der Waals surface area contributed by atoms with Crippen LogP contribution >= 0.6 is 0 Å². The summed E-state index contributed by atoms with van der Waals surface area (Å²) in [5, 5.41) is 10.6. The largest absolute Gasteiger partial charge is 0.394 e. The van der Waals surface area contributed by atoms with Crippen molar-refractivity contribution in [3.05, 3.63) is 61.2 Å². The van der Waals surface area contributed by atoms with Crippen LogP contribution in [-0.2, 0) is 25.5 Å². The van der Waals surface area contributed by atoms with Crippen LogP contribution in [0.15, 0.2) is 55.6 Å². The normalized spacial score (nSPS) is 30.3. The molecule has 1 aromatic rings. The molecule has 2 unspecified atom stereocenters. The molecule has 4 rings (SSSR count). The zero-order valence-corrected chi connectivity index (χ0v) is 23.0. The number of likely N-dealkylation sites (tertiary alicyclic amines) is 1. The number of hydrogen-bond acceptors (Lipinski definition) is 5. The Morgan fingerprint density at radius 3 is 2.39 bits per heavy atom. The summed E-state index contributed by atoms with van der Waals surface area (Å²) in [5.41, 5.74) is -1.05. The number of fused-ring (bicyclic) bond motifs is 1. The second-order valence-electron chi connectivity index (χ2n) is 11.4. The molecule has 8 heteroatoms. The lowest BCUT2D eigenvalue weighted by molar-refractivity contribution is -0.157. The molecule has 3 heterocycles. The van der Waals surface area contributed by atoms with E-state index >= 15 is 0 Å². The van der Waals surface area contributed by atoms with Gasteiger partial charge in [0.25, 0.3) is 0 Å². The second kappa shape index (κ2) is 10.7. The molecular weight excluding hydrogens is 482 g/mol. The van der Waals surface area contributed by atoms with Crippen molar-refractivity contribution < 1.29 is 24.2 Å². The molecule has 3 amide bonds. The van der Waals surface area contributed by atoms with Crippen LogP contribution in [0.3, 0.4) is 0 Å².